The van der Waals surface area contributed by atoms with Gasteiger partial charge in [0.15, 0.2) is 0 Å². The molecule has 0 aliphatic rings. The third-order valence-corrected chi connectivity index (χ3v) is 5.86. The first-order valence-corrected chi connectivity index (χ1v) is 11.1. The van der Waals surface area contributed by atoms with Gasteiger partial charge < -0.3 is 14.5 Å². The number of rotatable bonds is 9. The van der Waals surface area contributed by atoms with Crippen LogP contribution in [0.2, 0.25) is 0 Å². The molecule has 0 spiro atoms. The molecule has 0 atom stereocenters. The molecule has 0 unspecified atom stereocenters. The fourth-order valence-electron chi connectivity index (χ4n) is 3.28. The maximum absolute atomic E-state index is 13.4. The molecule has 5 nitrogen and oxygen atoms in total. The van der Waals surface area contributed by atoms with E-state index in [1.54, 1.807) is 47.6 Å². The van der Waals surface area contributed by atoms with Crippen LogP contribution in [0.3, 0.4) is 0 Å². The van der Waals surface area contributed by atoms with E-state index in [-0.39, 0.29) is 24.4 Å². The molecule has 0 saturated carbocycles. The van der Waals surface area contributed by atoms with E-state index in [9.17, 15) is 9.59 Å². The molecule has 1 aromatic heterocycles. The zero-order valence-corrected chi connectivity index (χ0v) is 19.0. The molecule has 0 aliphatic carbocycles. The topological polar surface area (TPSA) is 49.9 Å². The van der Waals surface area contributed by atoms with E-state index in [1.807, 2.05) is 66.6 Å². The summed E-state index contributed by atoms with van der Waals surface area (Å²) in [6.07, 6.45) is 0. The summed E-state index contributed by atoms with van der Waals surface area (Å²) >= 11 is 1.62. The van der Waals surface area contributed by atoms with Gasteiger partial charge in [-0.1, -0.05) is 42.5 Å². The Kier molecular flexibility index (Phi) is 7.84. The molecule has 0 saturated heterocycles. The van der Waals surface area contributed by atoms with Crippen molar-refractivity contribution in [3.63, 3.8) is 0 Å². The van der Waals surface area contributed by atoms with Gasteiger partial charge in [-0.05, 0) is 49.1 Å². The lowest BCUT2D eigenvalue weighted by molar-refractivity contribution is -0.133. The standard InChI is InChI=1S/C25H28N2O3S/c1-19(2)27(25(29)21-11-7-12-22(15-21)30-3)18-24(28)26(17-23-13-8-14-31-23)16-20-9-5-4-6-10-20/h4-15,19H,16-18H2,1-3H3. The van der Waals surface area contributed by atoms with Gasteiger partial charge in [-0.2, -0.15) is 0 Å². The fourth-order valence-corrected chi connectivity index (χ4v) is 4.00. The van der Waals surface area contributed by atoms with Crippen LogP contribution in [0.1, 0.15) is 34.6 Å². The first-order valence-electron chi connectivity index (χ1n) is 10.3. The Morgan fingerprint density at radius 3 is 2.39 bits per heavy atom. The highest BCUT2D eigenvalue weighted by molar-refractivity contribution is 7.09. The first kappa shape index (κ1) is 22.6. The molecular weight excluding hydrogens is 408 g/mol. The Hall–Kier alpha value is -3.12. The Bertz CT molecular complexity index is 987. The number of nitrogens with zero attached hydrogens (tertiary/aromatic N) is 2. The normalized spacial score (nSPS) is 10.7. The fraction of sp³-hybridized carbons (Fsp3) is 0.280. The highest BCUT2D eigenvalue weighted by Gasteiger charge is 2.25. The van der Waals surface area contributed by atoms with E-state index < -0.39 is 0 Å². The number of methoxy groups -OCH3 is 1. The maximum Gasteiger partial charge on any atom is 0.254 e. The van der Waals surface area contributed by atoms with Crippen LogP contribution in [0.4, 0.5) is 0 Å². The molecular formula is C25H28N2O3S. The molecule has 0 aliphatic heterocycles. The van der Waals surface area contributed by atoms with Crippen molar-refractivity contribution < 1.29 is 14.3 Å². The molecule has 31 heavy (non-hydrogen) atoms. The van der Waals surface area contributed by atoms with Crippen molar-refractivity contribution in [2.24, 2.45) is 0 Å². The van der Waals surface area contributed by atoms with Crippen LogP contribution in [0.15, 0.2) is 72.1 Å². The van der Waals surface area contributed by atoms with Crippen LogP contribution in [0, 0.1) is 0 Å². The highest BCUT2D eigenvalue weighted by atomic mass is 32.1. The van der Waals surface area contributed by atoms with E-state index in [0.717, 1.165) is 10.4 Å². The van der Waals surface area contributed by atoms with E-state index in [2.05, 4.69) is 0 Å². The van der Waals surface area contributed by atoms with Gasteiger partial charge in [0.1, 0.15) is 12.3 Å². The predicted molar refractivity (Wildman–Crippen MR) is 124 cm³/mol. The van der Waals surface area contributed by atoms with Gasteiger partial charge in [-0.25, -0.2) is 0 Å². The van der Waals surface area contributed by atoms with Crippen LogP contribution in [-0.2, 0) is 17.9 Å². The van der Waals surface area contributed by atoms with Crippen molar-refractivity contribution in [2.75, 3.05) is 13.7 Å². The maximum atomic E-state index is 13.4. The van der Waals surface area contributed by atoms with Crippen molar-refractivity contribution in [1.82, 2.24) is 9.80 Å². The number of thiophene rings is 1. The number of benzene rings is 2. The Labute approximate surface area is 187 Å². The average Bonchev–Trinajstić information content (AvgIpc) is 3.30. The molecule has 1 heterocycles. The molecule has 3 rings (SSSR count). The molecule has 0 fully saturated rings. The summed E-state index contributed by atoms with van der Waals surface area (Å²) in [5.74, 6) is 0.351. The van der Waals surface area contributed by atoms with E-state index in [1.165, 1.54) is 0 Å². The molecule has 6 heteroatoms. The predicted octanol–water partition coefficient (Wildman–Crippen LogP) is 4.84. The summed E-state index contributed by atoms with van der Waals surface area (Å²) in [5.41, 5.74) is 1.57. The number of carbonyl (C=O) groups excluding carboxylic acids is 2. The Balaban J connectivity index is 1.80. The zero-order chi connectivity index (χ0) is 22.2. The molecule has 3 aromatic rings. The molecule has 2 aromatic carbocycles. The summed E-state index contributed by atoms with van der Waals surface area (Å²) in [7, 11) is 1.57. The van der Waals surface area contributed by atoms with Crippen LogP contribution < -0.4 is 4.74 Å². The Morgan fingerprint density at radius 1 is 0.968 bits per heavy atom. The number of amides is 2. The van der Waals surface area contributed by atoms with Crippen molar-refractivity contribution in [3.05, 3.63) is 88.1 Å². The van der Waals surface area contributed by atoms with Crippen molar-refractivity contribution in [3.8, 4) is 5.75 Å². The summed E-state index contributed by atoms with van der Waals surface area (Å²) in [5, 5.41) is 2.01. The summed E-state index contributed by atoms with van der Waals surface area (Å²) in [4.78, 5) is 31.1. The Morgan fingerprint density at radius 2 is 1.74 bits per heavy atom. The summed E-state index contributed by atoms with van der Waals surface area (Å²) in [6, 6.07) is 20.8. The number of ether oxygens (including phenoxy) is 1. The molecule has 0 N–H and O–H groups in total. The van der Waals surface area contributed by atoms with Crippen LogP contribution >= 0.6 is 11.3 Å². The number of hydrogen-bond donors (Lipinski definition) is 0. The lowest BCUT2D eigenvalue weighted by atomic mass is 10.1. The van der Waals surface area contributed by atoms with Crippen LogP contribution in [-0.4, -0.2) is 41.3 Å². The van der Waals surface area contributed by atoms with Gasteiger partial charge in [-0.15, -0.1) is 11.3 Å². The van der Waals surface area contributed by atoms with E-state index in [4.69, 9.17) is 4.74 Å². The third-order valence-electron chi connectivity index (χ3n) is 5.00. The molecule has 162 valence electrons. The van der Waals surface area contributed by atoms with Crippen molar-refractivity contribution >= 4 is 23.2 Å². The minimum Gasteiger partial charge on any atom is -0.497 e. The molecule has 2 amide bonds. The highest BCUT2D eigenvalue weighted by Crippen LogP contribution is 2.18. The lowest BCUT2D eigenvalue weighted by Gasteiger charge is -2.30. The first-order chi connectivity index (χ1) is 15.0. The SMILES string of the molecule is COc1cccc(C(=O)N(CC(=O)N(Cc2ccccc2)Cc2cccs2)C(C)C)c1. The van der Waals surface area contributed by atoms with E-state index >= 15 is 0 Å². The third kappa shape index (κ3) is 6.18. The largest absolute Gasteiger partial charge is 0.497 e. The van der Waals surface area contributed by atoms with Gasteiger partial charge in [0, 0.05) is 23.0 Å². The number of carbonyl (C=O) groups is 2. The molecule has 0 radical (unpaired) electrons. The zero-order valence-electron chi connectivity index (χ0n) is 18.2. The van der Waals surface area contributed by atoms with Crippen LogP contribution in [0.25, 0.3) is 0 Å². The van der Waals surface area contributed by atoms with Gasteiger partial charge >= 0.3 is 0 Å². The smallest absolute Gasteiger partial charge is 0.254 e. The minimum absolute atomic E-state index is 0.0198. The quantitative estimate of drug-likeness (QED) is 0.482. The monoisotopic (exact) mass is 436 g/mol. The van der Waals surface area contributed by atoms with Gasteiger partial charge in [0.2, 0.25) is 5.91 Å². The summed E-state index contributed by atoms with van der Waals surface area (Å²) < 4.78 is 5.24. The van der Waals surface area contributed by atoms with Crippen molar-refractivity contribution in [1.29, 1.82) is 0 Å². The van der Waals surface area contributed by atoms with Crippen LogP contribution in [0.5, 0.6) is 5.75 Å². The second-order valence-electron chi connectivity index (χ2n) is 7.57. The second-order valence-corrected chi connectivity index (χ2v) is 8.61. The average molecular weight is 437 g/mol. The number of hydrogen-bond acceptors (Lipinski definition) is 4. The van der Waals surface area contributed by atoms with Gasteiger partial charge in [0.05, 0.1) is 13.7 Å². The van der Waals surface area contributed by atoms with E-state index in [0.29, 0.717) is 24.4 Å². The summed E-state index contributed by atoms with van der Waals surface area (Å²) in [6.45, 7) is 4.88. The second kappa shape index (κ2) is 10.8. The van der Waals surface area contributed by atoms with Gasteiger partial charge in [0.25, 0.3) is 5.91 Å². The van der Waals surface area contributed by atoms with Crippen molar-refractivity contribution in [2.45, 2.75) is 33.0 Å². The van der Waals surface area contributed by atoms with Gasteiger partial charge in [-0.3, -0.25) is 9.59 Å². The molecule has 0 bridgehead atoms. The lowest BCUT2D eigenvalue weighted by Crippen LogP contribution is -2.45. The minimum atomic E-state index is -0.182.